The van der Waals surface area contributed by atoms with E-state index in [1.165, 1.54) is 0 Å². The molecule has 3 heteroatoms. The maximum atomic E-state index is 11.9. The number of benzene rings is 1. The first-order valence-corrected chi connectivity index (χ1v) is 6.35. The third-order valence-electron chi connectivity index (χ3n) is 3.32. The summed E-state index contributed by atoms with van der Waals surface area (Å²) in [5, 5.41) is 0. The Morgan fingerprint density at radius 2 is 1.94 bits per heavy atom. The second kappa shape index (κ2) is 5.82. The van der Waals surface area contributed by atoms with Crippen LogP contribution in [0, 0.1) is 0 Å². The van der Waals surface area contributed by atoms with E-state index in [1.54, 1.807) is 0 Å². The second-order valence-electron chi connectivity index (χ2n) is 4.67. The first-order chi connectivity index (χ1) is 8.27. The Balaban J connectivity index is 1.97. The molecule has 0 bridgehead atoms. The number of carbonyl (C=O) groups is 1. The van der Waals surface area contributed by atoms with Crippen LogP contribution >= 0.6 is 0 Å². The molecule has 1 heterocycles. The predicted molar refractivity (Wildman–Crippen MR) is 68.4 cm³/mol. The standard InChI is InChI=1S/C14H20N2O/c15-13(12-7-3-1-4-8-12)11-16-10-6-2-5-9-14(16)17/h1,3-4,7-8,13H,2,5-6,9-11,15H2/t13-/m0/s1. The molecule has 0 saturated carbocycles. The van der Waals surface area contributed by atoms with Gasteiger partial charge in [0.1, 0.15) is 0 Å². The molecule has 1 aromatic rings. The zero-order chi connectivity index (χ0) is 12.1. The molecule has 1 amide bonds. The van der Waals surface area contributed by atoms with Gasteiger partial charge in [0, 0.05) is 25.6 Å². The number of likely N-dealkylation sites (tertiary alicyclic amines) is 1. The average Bonchev–Trinajstić information content (AvgIpc) is 2.56. The topological polar surface area (TPSA) is 46.3 Å². The van der Waals surface area contributed by atoms with Crippen molar-refractivity contribution in [2.24, 2.45) is 5.73 Å². The molecule has 92 valence electrons. The molecule has 1 saturated heterocycles. The van der Waals surface area contributed by atoms with Gasteiger partial charge in [-0.2, -0.15) is 0 Å². The minimum absolute atomic E-state index is 0.0711. The fraction of sp³-hybridized carbons (Fsp3) is 0.500. The van der Waals surface area contributed by atoms with Gasteiger partial charge in [0.05, 0.1) is 0 Å². The van der Waals surface area contributed by atoms with Gasteiger partial charge in [-0.15, -0.1) is 0 Å². The molecule has 0 aromatic heterocycles. The molecule has 1 aromatic carbocycles. The Morgan fingerprint density at radius 1 is 1.18 bits per heavy atom. The molecular formula is C14H20N2O. The van der Waals surface area contributed by atoms with E-state index >= 15 is 0 Å². The highest BCUT2D eigenvalue weighted by molar-refractivity contribution is 5.76. The monoisotopic (exact) mass is 232 g/mol. The van der Waals surface area contributed by atoms with E-state index in [1.807, 2.05) is 35.2 Å². The van der Waals surface area contributed by atoms with Crippen molar-refractivity contribution in [1.29, 1.82) is 0 Å². The number of hydrogen-bond acceptors (Lipinski definition) is 2. The van der Waals surface area contributed by atoms with E-state index in [0.29, 0.717) is 13.0 Å². The SMILES string of the molecule is N[C@@H](CN1CCCCCC1=O)c1ccccc1. The summed E-state index contributed by atoms with van der Waals surface area (Å²) in [6.07, 6.45) is 3.97. The largest absolute Gasteiger partial charge is 0.341 e. The highest BCUT2D eigenvalue weighted by Gasteiger charge is 2.19. The molecule has 2 rings (SSSR count). The molecule has 0 spiro atoms. The maximum Gasteiger partial charge on any atom is 0.222 e. The van der Waals surface area contributed by atoms with Gasteiger partial charge < -0.3 is 10.6 Å². The summed E-state index contributed by atoms with van der Waals surface area (Å²) in [5.41, 5.74) is 7.25. The van der Waals surface area contributed by atoms with Crippen LogP contribution in [0.2, 0.25) is 0 Å². The highest BCUT2D eigenvalue weighted by atomic mass is 16.2. The van der Waals surface area contributed by atoms with Crippen molar-refractivity contribution in [2.75, 3.05) is 13.1 Å². The van der Waals surface area contributed by atoms with Gasteiger partial charge in [0.15, 0.2) is 0 Å². The lowest BCUT2D eigenvalue weighted by Crippen LogP contribution is -2.36. The summed E-state index contributed by atoms with van der Waals surface area (Å²) in [5.74, 6) is 0.258. The average molecular weight is 232 g/mol. The fourth-order valence-corrected chi connectivity index (χ4v) is 2.27. The van der Waals surface area contributed by atoms with E-state index in [4.69, 9.17) is 5.73 Å². The van der Waals surface area contributed by atoms with Gasteiger partial charge in [-0.05, 0) is 18.4 Å². The predicted octanol–water partition coefficient (Wildman–Crippen LogP) is 2.09. The zero-order valence-electron chi connectivity index (χ0n) is 10.1. The van der Waals surface area contributed by atoms with Crippen molar-refractivity contribution >= 4 is 5.91 Å². The van der Waals surface area contributed by atoms with Crippen molar-refractivity contribution in [1.82, 2.24) is 4.90 Å². The van der Waals surface area contributed by atoms with Crippen LogP contribution in [0.5, 0.6) is 0 Å². The van der Waals surface area contributed by atoms with Crippen molar-refractivity contribution in [2.45, 2.75) is 31.7 Å². The van der Waals surface area contributed by atoms with Crippen LogP contribution in [0.1, 0.15) is 37.3 Å². The van der Waals surface area contributed by atoms with Gasteiger partial charge in [0.2, 0.25) is 5.91 Å². The molecule has 1 aliphatic rings. The van der Waals surface area contributed by atoms with E-state index in [-0.39, 0.29) is 11.9 Å². The molecule has 0 unspecified atom stereocenters. The minimum atomic E-state index is -0.0711. The Kier molecular flexibility index (Phi) is 4.15. The molecule has 17 heavy (non-hydrogen) atoms. The lowest BCUT2D eigenvalue weighted by atomic mass is 10.1. The summed E-state index contributed by atoms with van der Waals surface area (Å²) in [6, 6.07) is 9.92. The van der Waals surface area contributed by atoms with Crippen molar-refractivity contribution < 1.29 is 4.79 Å². The number of nitrogens with two attached hydrogens (primary N) is 1. The zero-order valence-corrected chi connectivity index (χ0v) is 10.1. The minimum Gasteiger partial charge on any atom is -0.341 e. The van der Waals surface area contributed by atoms with Crippen LogP contribution in [0.25, 0.3) is 0 Å². The summed E-state index contributed by atoms with van der Waals surface area (Å²) in [7, 11) is 0. The van der Waals surface area contributed by atoms with Gasteiger partial charge in [-0.1, -0.05) is 36.8 Å². The highest BCUT2D eigenvalue weighted by Crippen LogP contribution is 2.16. The number of carbonyl (C=O) groups excluding carboxylic acids is 1. The summed E-state index contributed by atoms with van der Waals surface area (Å²) in [6.45, 7) is 1.50. The summed E-state index contributed by atoms with van der Waals surface area (Å²) >= 11 is 0. The Bertz CT molecular complexity index is 364. The van der Waals surface area contributed by atoms with Crippen LogP contribution in [0.3, 0.4) is 0 Å². The summed E-state index contributed by atoms with van der Waals surface area (Å²) in [4.78, 5) is 13.8. The Morgan fingerprint density at radius 3 is 2.71 bits per heavy atom. The smallest absolute Gasteiger partial charge is 0.222 e. The van der Waals surface area contributed by atoms with E-state index in [0.717, 1.165) is 31.4 Å². The van der Waals surface area contributed by atoms with Crippen LogP contribution in [-0.2, 0) is 4.79 Å². The Labute approximate surface area is 103 Å². The first kappa shape index (κ1) is 12.1. The normalized spacial score (nSPS) is 18.9. The second-order valence-corrected chi connectivity index (χ2v) is 4.67. The maximum absolute atomic E-state index is 11.9. The fourth-order valence-electron chi connectivity index (χ4n) is 2.27. The van der Waals surface area contributed by atoms with E-state index < -0.39 is 0 Å². The van der Waals surface area contributed by atoms with Gasteiger partial charge in [-0.25, -0.2) is 0 Å². The van der Waals surface area contributed by atoms with Crippen LogP contribution in [0.4, 0.5) is 0 Å². The number of hydrogen-bond donors (Lipinski definition) is 1. The number of rotatable bonds is 3. The quantitative estimate of drug-likeness (QED) is 0.867. The van der Waals surface area contributed by atoms with Crippen molar-refractivity contribution in [3.63, 3.8) is 0 Å². The lowest BCUT2D eigenvalue weighted by molar-refractivity contribution is -0.130. The Hall–Kier alpha value is -1.35. The lowest BCUT2D eigenvalue weighted by Gasteiger charge is -2.24. The molecule has 1 aliphatic heterocycles. The third-order valence-corrected chi connectivity index (χ3v) is 3.32. The van der Waals surface area contributed by atoms with Crippen LogP contribution < -0.4 is 5.73 Å². The van der Waals surface area contributed by atoms with Gasteiger partial charge in [-0.3, -0.25) is 4.79 Å². The van der Waals surface area contributed by atoms with Crippen molar-refractivity contribution in [3.8, 4) is 0 Å². The third kappa shape index (κ3) is 3.30. The molecule has 3 nitrogen and oxygen atoms in total. The molecule has 0 radical (unpaired) electrons. The summed E-state index contributed by atoms with van der Waals surface area (Å²) < 4.78 is 0. The molecular weight excluding hydrogens is 212 g/mol. The van der Waals surface area contributed by atoms with Crippen LogP contribution in [-0.4, -0.2) is 23.9 Å². The molecule has 2 N–H and O–H groups in total. The molecule has 1 fully saturated rings. The molecule has 1 atom stereocenters. The van der Waals surface area contributed by atoms with Crippen LogP contribution in [0.15, 0.2) is 30.3 Å². The van der Waals surface area contributed by atoms with Crippen molar-refractivity contribution in [3.05, 3.63) is 35.9 Å². The number of nitrogens with zero attached hydrogens (tertiary/aromatic N) is 1. The van der Waals surface area contributed by atoms with E-state index in [2.05, 4.69) is 0 Å². The first-order valence-electron chi connectivity index (χ1n) is 6.35. The van der Waals surface area contributed by atoms with Gasteiger partial charge >= 0.3 is 0 Å². The molecule has 0 aliphatic carbocycles. The van der Waals surface area contributed by atoms with Gasteiger partial charge in [0.25, 0.3) is 0 Å². The number of amides is 1. The van der Waals surface area contributed by atoms with E-state index in [9.17, 15) is 4.79 Å².